The van der Waals surface area contributed by atoms with Crippen LogP contribution in [0.25, 0.3) is 0 Å². The number of ether oxygens (including phenoxy) is 3. The first-order valence-corrected chi connectivity index (χ1v) is 8.16. The van der Waals surface area contributed by atoms with E-state index in [1.54, 1.807) is 0 Å². The maximum absolute atomic E-state index is 6.25. The van der Waals surface area contributed by atoms with E-state index in [1.165, 1.54) is 0 Å². The van der Waals surface area contributed by atoms with Crippen molar-refractivity contribution in [3.05, 3.63) is 47.3 Å². The lowest BCUT2D eigenvalue weighted by Crippen LogP contribution is -2.32. The smallest absolute Gasteiger partial charge is 0.206 e. The Morgan fingerprint density at radius 1 is 1.22 bits per heavy atom. The molecule has 1 aliphatic rings. The number of aromatic nitrogens is 1. The fourth-order valence-corrected chi connectivity index (χ4v) is 2.65. The summed E-state index contributed by atoms with van der Waals surface area (Å²) in [7, 11) is 0. The van der Waals surface area contributed by atoms with E-state index in [-0.39, 0.29) is 12.6 Å². The van der Waals surface area contributed by atoms with Crippen LogP contribution in [0.5, 0.6) is 5.75 Å². The summed E-state index contributed by atoms with van der Waals surface area (Å²) in [6.45, 7) is 4.76. The minimum atomic E-state index is -0.380. The molecular formula is C18H24N2O3. The third-order valence-electron chi connectivity index (χ3n) is 4.01. The molecule has 0 aliphatic carbocycles. The van der Waals surface area contributed by atoms with E-state index in [4.69, 9.17) is 19.9 Å². The van der Waals surface area contributed by atoms with Crippen LogP contribution in [0.1, 0.15) is 49.8 Å². The zero-order chi connectivity index (χ0) is 16.2. The van der Waals surface area contributed by atoms with E-state index >= 15 is 0 Å². The molecule has 1 fully saturated rings. The van der Waals surface area contributed by atoms with Gasteiger partial charge in [0.05, 0.1) is 18.0 Å². The van der Waals surface area contributed by atoms with Crippen LogP contribution in [0.2, 0.25) is 0 Å². The molecule has 1 aromatic heterocycles. The summed E-state index contributed by atoms with van der Waals surface area (Å²) in [4.78, 5) is 3.17. The first-order valence-electron chi connectivity index (χ1n) is 8.16. The van der Waals surface area contributed by atoms with E-state index < -0.39 is 0 Å². The fraction of sp³-hybridized carbons (Fsp3) is 0.444. The van der Waals surface area contributed by atoms with Crippen LogP contribution < -0.4 is 10.5 Å². The molecule has 2 aromatic rings. The summed E-state index contributed by atoms with van der Waals surface area (Å²) in [5.41, 5.74) is 9.90. The second-order valence-electron chi connectivity index (χ2n) is 5.80. The molecule has 0 unspecified atom stereocenters. The second kappa shape index (κ2) is 7.06. The standard InChI is InChI=1S/C18H24N2O3/c1-3-4-9-21-15-8-6-5-7-13(15)10-14-11-20-17(16(14)19)18-22-12(2)23-18/h5-8,11-12,18,20H,3-4,9-10,19H2,1-2H3. The van der Waals surface area contributed by atoms with Gasteiger partial charge in [0.15, 0.2) is 6.29 Å². The number of benzene rings is 1. The number of hydrogen-bond acceptors (Lipinski definition) is 4. The Bertz CT molecular complexity index is 647. The number of unbranched alkanes of at least 4 members (excludes halogenated alkanes) is 1. The molecule has 0 atom stereocenters. The van der Waals surface area contributed by atoms with Crippen LogP contribution >= 0.6 is 0 Å². The van der Waals surface area contributed by atoms with Crippen molar-refractivity contribution in [2.45, 2.75) is 45.7 Å². The average molecular weight is 316 g/mol. The van der Waals surface area contributed by atoms with E-state index in [2.05, 4.69) is 18.0 Å². The molecule has 1 saturated heterocycles. The van der Waals surface area contributed by atoms with E-state index in [0.717, 1.165) is 42.0 Å². The van der Waals surface area contributed by atoms with Gasteiger partial charge in [0.25, 0.3) is 0 Å². The normalized spacial score (nSPS) is 20.3. The van der Waals surface area contributed by atoms with Crippen LogP contribution in [0.15, 0.2) is 30.5 Å². The summed E-state index contributed by atoms with van der Waals surface area (Å²) in [6.07, 6.45) is 4.26. The second-order valence-corrected chi connectivity index (χ2v) is 5.80. The highest BCUT2D eigenvalue weighted by Gasteiger charge is 2.31. The van der Waals surface area contributed by atoms with Gasteiger partial charge >= 0.3 is 0 Å². The summed E-state index contributed by atoms with van der Waals surface area (Å²) in [5.74, 6) is 0.924. The van der Waals surface area contributed by atoms with Crippen LogP contribution in [-0.4, -0.2) is 17.9 Å². The molecule has 0 bridgehead atoms. The minimum absolute atomic E-state index is 0.168. The Labute approximate surface area is 136 Å². The van der Waals surface area contributed by atoms with Crippen LogP contribution in [0.4, 0.5) is 5.69 Å². The summed E-state index contributed by atoms with van der Waals surface area (Å²) < 4.78 is 16.9. The van der Waals surface area contributed by atoms with Gasteiger partial charge in [0.1, 0.15) is 5.75 Å². The largest absolute Gasteiger partial charge is 0.493 e. The van der Waals surface area contributed by atoms with Gasteiger partial charge in [-0.3, -0.25) is 0 Å². The fourth-order valence-electron chi connectivity index (χ4n) is 2.65. The zero-order valence-electron chi connectivity index (χ0n) is 13.7. The predicted octanol–water partition coefficient (Wildman–Crippen LogP) is 3.76. The number of nitrogens with two attached hydrogens (primary N) is 1. The molecule has 23 heavy (non-hydrogen) atoms. The number of rotatable bonds is 7. The topological polar surface area (TPSA) is 69.5 Å². The first kappa shape index (κ1) is 15.9. The Hall–Kier alpha value is -1.98. The average Bonchev–Trinajstić information content (AvgIpc) is 2.87. The first-order chi connectivity index (χ1) is 11.2. The lowest BCUT2D eigenvalue weighted by Gasteiger charge is -2.33. The number of H-pyrrole nitrogens is 1. The van der Waals surface area contributed by atoms with Crippen molar-refractivity contribution < 1.29 is 14.2 Å². The van der Waals surface area contributed by atoms with Crippen LogP contribution in [-0.2, 0) is 15.9 Å². The molecule has 1 aliphatic heterocycles. The highest BCUT2D eigenvalue weighted by Crippen LogP contribution is 2.36. The van der Waals surface area contributed by atoms with Crippen molar-refractivity contribution in [1.29, 1.82) is 0 Å². The van der Waals surface area contributed by atoms with Gasteiger partial charge in [0, 0.05) is 12.6 Å². The third-order valence-corrected chi connectivity index (χ3v) is 4.01. The highest BCUT2D eigenvalue weighted by molar-refractivity contribution is 5.55. The number of nitrogen functional groups attached to an aromatic ring is 1. The van der Waals surface area contributed by atoms with Gasteiger partial charge in [-0.1, -0.05) is 31.5 Å². The van der Waals surface area contributed by atoms with Crippen molar-refractivity contribution in [3.63, 3.8) is 0 Å². The zero-order valence-corrected chi connectivity index (χ0v) is 13.7. The summed E-state index contributed by atoms with van der Waals surface area (Å²) in [6, 6.07) is 8.10. The lowest BCUT2D eigenvalue weighted by atomic mass is 10.0. The van der Waals surface area contributed by atoms with E-state index in [0.29, 0.717) is 12.1 Å². The molecule has 0 saturated carbocycles. The van der Waals surface area contributed by atoms with Crippen molar-refractivity contribution in [2.24, 2.45) is 0 Å². The molecule has 124 valence electrons. The maximum Gasteiger partial charge on any atom is 0.206 e. The Balaban J connectivity index is 1.72. The van der Waals surface area contributed by atoms with Gasteiger partial charge in [0.2, 0.25) is 6.29 Å². The van der Waals surface area contributed by atoms with Crippen LogP contribution in [0, 0.1) is 0 Å². The number of anilines is 1. The number of nitrogens with one attached hydrogen (secondary N) is 1. The van der Waals surface area contributed by atoms with Crippen molar-refractivity contribution in [1.82, 2.24) is 4.98 Å². The third kappa shape index (κ3) is 3.51. The van der Waals surface area contributed by atoms with Crippen molar-refractivity contribution in [3.8, 4) is 5.75 Å². The quantitative estimate of drug-likeness (QED) is 0.763. The highest BCUT2D eigenvalue weighted by atomic mass is 16.9. The molecule has 3 rings (SSSR count). The summed E-state index contributed by atoms with van der Waals surface area (Å²) in [5, 5.41) is 0. The number of hydrogen-bond donors (Lipinski definition) is 2. The lowest BCUT2D eigenvalue weighted by molar-refractivity contribution is -0.383. The van der Waals surface area contributed by atoms with Gasteiger partial charge in [-0.2, -0.15) is 0 Å². The van der Waals surface area contributed by atoms with Crippen LogP contribution in [0.3, 0.4) is 0 Å². The SMILES string of the molecule is CCCCOc1ccccc1Cc1c[nH]c(C2OC(C)O2)c1N. The van der Waals surface area contributed by atoms with Gasteiger partial charge in [-0.15, -0.1) is 0 Å². The molecule has 0 amide bonds. The molecule has 0 radical (unpaired) electrons. The molecule has 2 heterocycles. The molecule has 0 spiro atoms. The van der Waals surface area contributed by atoms with E-state index in [9.17, 15) is 0 Å². The van der Waals surface area contributed by atoms with Crippen molar-refractivity contribution in [2.75, 3.05) is 12.3 Å². The van der Waals surface area contributed by atoms with E-state index in [1.807, 2.05) is 31.3 Å². The van der Waals surface area contributed by atoms with Gasteiger partial charge in [-0.25, -0.2) is 0 Å². The Morgan fingerprint density at radius 2 is 2.00 bits per heavy atom. The molecule has 1 aromatic carbocycles. The number of para-hydroxylation sites is 1. The Morgan fingerprint density at radius 3 is 2.74 bits per heavy atom. The van der Waals surface area contributed by atoms with Gasteiger partial charge < -0.3 is 24.9 Å². The molecule has 5 nitrogen and oxygen atoms in total. The molecule has 3 N–H and O–H groups in total. The minimum Gasteiger partial charge on any atom is -0.493 e. The van der Waals surface area contributed by atoms with Gasteiger partial charge in [-0.05, 0) is 30.5 Å². The Kier molecular flexibility index (Phi) is 4.88. The molecule has 5 heteroatoms. The molecular weight excluding hydrogens is 292 g/mol. The monoisotopic (exact) mass is 316 g/mol. The van der Waals surface area contributed by atoms with Crippen molar-refractivity contribution >= 4 is 5.69 Å². The maximum atomic E-state index is 6.25. The summed E-state index contributed by atoms with van der Waals surface area (Å²) >= 11 is 0. The predicted molar refractivity (Wildman–Crippen MR) is 89.2 cm³/mol. The number of aromatic amines is 1.